The molecule has 0 bridgehead atoms. The van der Waals surface area contributed by atoms with Gasteiger partial charge in [-0.25, -0.2) is 4.79 Å². The van der Waals surface area contributed by atoms with E-state index in [-0.39, 0.29) is 18.4 Å². The predicted octanol–water partition coefficient (Wildman–Crippen LogP) is 0.0413. The van der Waals surface area contributed by atoms with Crippen molar-refractivity contribution in [2.45, 2.75) is 12.5 Å². The first-order chi connectivity index (χ1) is 5.20. The topological polar surface area (TPSA) is 44.4 Å². The van der Waals surface area contributed by atoms with Gasteiger partial charge < -0.3 is 15.5 Å². The number of nitrogens with zero attached hydrogens (tertiary/aromatic N) is 1. The number of hydrogen-bond acceptors (Lipinski definition) is 2. The largest absolute Gasteiger partial charge is 0.334 e. The van der Waals surface area contributed by atoms with Crippen LogP contribution in [-0.2, 0) is 0 Å². The lowest BCUT2D eigenvalue weighted by molar-refractivity contribution is 0.214. The smallest absolute Gasteiger partial charge is 0.317 e. The first-order valence-corrected chi connectivity index (χ1v) is 3.88. The molecule has 2 amide bonds. The molecule has 12 heavy (non-hydrogen) atoms. The van der Waals surface area contributed by atoms with Gasteiger partial charge in [-0.05, 0) is 13.0 Å². The SMILES string of the molecule is CN(C)C(=O)N[C@H]1CCNC1.Cl. The van der Waals surface area contributed by atoms with E-state index in [9.17, 15) is 4.79 Å². The lowest BCUT2D eigenvalue weighted by Crippen LogP contribution is -2.42. The van der Waals surface area contributed by atoms with Crippen LogP contribution in [0.15, 0.2) is 0 Å². The summed E-state index contributed by atoms with van der Waals surface area (Å²) in [4.78, 5) is 12.6. The lowest BCUT2D eigenvalue weighted by atomic mass is 10.3. The van der Waals surface area contributed by atoms with Gasteiger partial charge in [0.05, 0.1) is 0 Å². The molecule has 0 saturated carbocycles. The van der Waals surface area contributed by atoms with E-state index in [1.54, 1.807) is 19.0 Å². The van der Waals surface area contributed by atoms with Gasteiger partial charge in [-0.15, -0.1) is 12.4 Å². The maximum absolute atomic E-state index is 11.1. The van der Waals surface area contributed by atoms with E-state index >= 15 is 0 Å². The van der Waals surface area contributed by atoms with Crippen LogP contribution in [0.4, 0.5) is 4.79 Å². The van der Waals surface area contributed by atoms with E-state index in [1.807, 2.05) is 0 Å². The van der Waals surface area contributed by atoms with Crippen LogP contribution in [0.3, 0.4) is 0 Å². The molecule has 0 aromatic carbocycles. The highest BCUT2D eigenvalue weighted by Gasteiger charge is 2.16. The van der Waals surface area contributed by atoms with Gasteiger partial charge in [0.25, 0.3) is 0 Å². The highest BCUT2D eigenvalue weighted by molar-refractivity contribution is 5.85. The van der Waals surface area contributed by atoms with E-state index in [1.165, 1.54) is 0 Å². The molecule has 1 aliphatic heterocycles. The summed E-state index contributed by atoms with van der Waals surface area (Å²) in [7, 11) is 3.50. The zero-order valence-corrected chi connectivity index (χ0v) is 8.28. The van der Waals surface area contributed by atoms with Crippen molar-refractivity contribution in [3.8, 4) is 0 Å². The van der Waals surface area contributed by atoms with Crippen molar-refractivity contribution in [1.29, 1.82) is 0 Å². The second kappa shape index (κ2) is 5.22. The van der Waals surface area contributed by atoms with Crippen LogP contribution in [-0.4, -0.2) is 44.2 Å². The van der Waals surface area contributed by atoms with Crippen molar-refractivity contribution in [3.63, 3.8) is 0 Å². The van der Waals surface area contributed by atoms with E-state index in [4.69, 9.17) is 0 Å². The van der Waals surface area contributed by atoms with Crippen LogP contribution < -0.4 is 10.6 Å². The zero-order valence-electron chi connectivity index (χ0n) is 7.46. The Balaban J connectivity index is 0.00000121. The summed E-state index contributed by atoms with van der Waals surface area (Å²) in [6.07, 6.45) is 1.04. The molecule has 0 aromatic rings. The van der Waals surface area contributed by atoms with Gasteiger partial charge in [-0.2, -0.15) is 0 Å². The average molecular weight is 194 g/mol. The molecule has 0 aliphatic carbocycles. The summed E-state index contributed by atoms with van der Waals surface area (Å²) in [5.74, 6) is 0. The summed E-state index contributed by atoms with van der Waals surface area (Å²) < 4.78 is 0. The molecule has 0 aromatic heterocycles. The Morgan fingerprint density at radius 2 is 2.25 bits per heavy atom. The number of carbonyl (C=O) groups excluding carboxylic acids is 1. The van der Waals surface area contributed by atoms with Crippen molar-refractivity contribution in [2.75, 3.05) is 27.2 Å². The second-order valence-electron chi connectivity index (χ2n) is 3.03. The van der Waals surface area contributed by atoms with Crippen LogP contribution in [0.2, 0.25) is 0 Å². The molecule has 5 heteroatoms. The molecule has 0 unspecified atom stereocenters. The predicted molar refractivity (Wildman–Crippen MR) is 50.7 cm³/mol. The van der Waals surface area contributed by atoms with Crippen molar-refractivity contribution in [2.24, 2.45) is 0 Å². The Bertz CT molecular complexity index is 146. The minimum Gasteiger partial charge on any atom is -0.334 e. The normalized spacial score (nSPS) is 21.3. The molecule has 72 valence electrons. The fourth-order valence-electron chi connectivity index (χ4n) is 1.08. The van der Waals surface area contributed by atoms with Crippen LogP contribution in [0.5, 0.6) is 0 Å². The monoisotopic (exact) mass is 193 g/mol. The van der Waals surface area contributed by atoms with Crippen molar-refractivity contribution < 1.29 is 4.79 Å². The molecule has 1 aliphatic rings. The minimum atomic E-state index is -0.00120. The molecule has 0 spiro atoms. The van der Waals surface area contributed by atoms with Crippen LogP contribution >= 0.6 is 12.4 Å². The summed E-state index contributed by atoms with van der Waals surface area (Å²) in [6.45, 7) is 1.91. The van der Waals surface area contributed by atoms with Crippen LogP contribution in [0.25, 0.3) is 0 Å². The number of carbonyl (C=O) groups is 1. The summed E-state index contributed by atoms with van der Waals surface area (Å²) in [5.41, 5.74) is 0. The van der Waals surface area contributed by atoms with Crippen molar-refractivity contribution >= 4 is 18.4 Å². The van der Waals surface area contributed by atoms with Gasteiger partial charge in [-0.3, -0.25) is 0 Å². The van der Waals surface area contributed by atoms with Gasteiger partial charge in [0.2, 0.25) is 0 Å². The fraction of sp³-hybridized carbons (Fsp3) is 0.857. The molecule has 0 radical (unpaired) electrons. The Kier molecular flexibility index (Phi) is 5.01. The quantitative estimate of drug-likeness (QED) is 0.618. The molecular formula is C7H16ClN3O. The number of urea groups is 1. The third-order valence-electron chi connectivity index (χ3n) is 1.79. The van der Waals surface area contributed by atoms with Gasteiger partial charge >= 0.3 is 6.03 Å². The van der Waals surface area contributed by atoms with Crippen LogP contribution in [0.1, 0.15) is 6.42 Å². The zero-order chi connectivity index (χ0) is 8.27. The standard InChI is InChI=1S/C7H15N3O.ClH/c1-10(2)7(11)9-6-3-4-8-5-6;/h6,8H,3-5H2,1-2H3,(H,9,11);1H/t6-;/m0./s1. The third kappa shape index (κ3) is 3.28. The molecule has 1 atom stereocenters. The van der Waals surface area contributed by atoms with Gasteiger partial charge in [-0.1, -0.05) is 0 Å². The average Bonchev–Trinajstić information content (AvgIpc) is 2.39. The molecule has 1 heterocycles. The second-order valence-corrected chi connectivity index (χ2v) is 3.03. The first-order valence-electron chi connectivity index (χ1n) is 3.88. The Morgan fingerprint density at radius 3 is 2.67 bits per heavy atom. The summed E-state index contributed by atoms with van der Waals surface area (Å²) in [6, 6.07) is 0.323. The summed E-state index contributed by atoms with van der Waals surface area (Å²) >= 11 is 0. The van der Waals surface area contributed by atoms with E-state index in [0.29, 0.717) is 6.04 Å². The number of rotatable bonds is 1. The third-order valence-corrected chi connectivity index (χ3v) is 1.79. The number of hydrogen-bond donors (Lipinski definition) is 2. The maximum Gasteiger partial charge on any atom is 0.317 e. The van der Waals surface area contributed by atoms with Gasteiger partial charge in [0.1, 0.15) is 0 Å². The Hall–Kier alpha value is -0.480. The molecule has 1 saturated heterocycles. The molecule has 4 nitrogen and oxygen atoms in total. The van der Waals surface area contributed by atoms with E-state index < -0.39 is 0 Å². The molecule has 1 rings (SSSR count). The van der Waals surface area contributed by atoms with Crippen molar-refractivity contribution in [3.05, 3.63) is 0 Å². The first kappa shape index (κ1) is 11.5. The number of halogens is 1. The highest BCUT2D eigenvalue weighted by Crippen LogP contribution is 1.96. The van der Waals surface area contributed by atoms with Gasteiger partial charge in [0.15, 0.2) is 0 Å². The molecular weight excluding hydrogens is 178 g/mol. The van der Waals surface area contributed by atoms with E-state index in [2.05, 4.69) is 10.6 Å². The number of amides is 2. The Labute approximate surface area is 79.1 Å². The maximum atomic E-state index is 11.1. The Morgan fingerprint density at radius 1 is 1.58 bits per heavy atom. The molecule has 2 N–H and O–H groups in total. The molecule has 1 fully saturated rings. The fourth-order valence-corrected chi connectivity index (χ4v) is 1.08. The van der Waals surface area contributed by atoms with Crippen LogP contribution in [0, 0.1) is 0 Å². The number of nitrogens with one attached hydrogen (secondary N) is 2. The minimum absolute atomic E-state index is 0. The van der Waals surface area contributed by atoms with Crippen molar-refractivity contribution in [1.82, 2.24) is 15.5 Å². The summed E-state index contributed by atoms with van der Waals surface area (Å²) in [5, 5.41) is 6.09. The van der Waals surface area contributed by atoms with Gasteiger partial charge in [0, 0.05) is 26.7 Å². The highest BCUT2D eigenvalue weighted by atomic mass is 35.5. The van der Waals surface area contributed by atoms with E-state index in [0.717, 1.165) is 19.5 Å². The lowest BCUT2D eigenvalue weighted by Gasteiger charge is -2.15.